The SMILES string of the molecule is COc1cc([C@H](CC(=O)NCc2ccco2)c2c(O)c3ccccc3oc2=O)c(OC)c2c1OCO2. The van der Waals surface area contributed by atoms with Crippen LogP contribution in [0, 0.1) is 0 Å². The number of hydrogen-bond acceptors (Lipinski definition) is 9. The van der Waals surface area contributed by atoms with E-state index in [9.17, 15) is 14.7 Å². The largest absolute Gasteiger partial charge is 0.507 e. The van der Waals surface area contributed by atoms with Crippen molar-refractivity contribution in [2.45, 2.75) is 18.9 Å². The maximum Gasteiger partial charge on any atom is 0.343 e. The summed E-state index contributed by atoms with van der Waals surface area (Å²) in [5.41, 5.74) is -0.278. The summed E-state index contributed by atoms with van der Waals surface area (Å²) in [6.45, 7) is 0.0988. The van der Waals surface area contributed by atoms with Crippen molar-refractivity contribution in [1.82, 2.24) is 5.32 Å². The predicted molar refractivity (Wildman–Crippen MR) is 127 cm³/mol. The first-order valence-electron chi connectivity index (χ1n) is 11.1. The molecule has 2 aromatic carbocycles. The van der Waals surface area contributed by atoms with Gasteiger partial charge in [0.25, 0.3) is 0 Å². The third-order valence-corrected chi connectivity index (χ3v) is 5.99. The lowest BCUT2D eigenvalue weighted by atomic mass is 9.86. The van der Waals surface area contributed by atoms with Gasteiger partial charge in [0.1, 0.15) is 17.1 Å². The number of carbonyl (C=O) groups excluding carboxylic acids is 1. The van der Waals surface area contributed by atoms with Crippen LogP contribution in [0.2, 0.25) is 0 Å². The van der Waals surface area contributed by atoms with Gasteiger partial charge in [-0.05, 0) is 30.3 Å². The number of carbonyl (C=O) groups is 1. The number of rotatable bonds is 8. The second-order valence-electron chi connectivity index (χ2n) is 8.03. The van der Waals surface area contributed by atoms with E-state index in [1.54, 1.807) is 42.5 Å². The molecular formula is C26H23NO9. The molecule has 3 heterocycles. The zero-order chi connectivity index (χ0) is 25.2. The van der Waals surface area contributed by atoms with Crippen LogP contribution in [0.25, 0.3) is 11.0 Å². The minimum Gasteiger partial charge on any atom is -0.507 e. The number of hydrogen-bond donors (Lipinski definition) is 2. The summed E-state index contributed by atoms with van der Waals surface area (Å²) in [7, 11) is 2.89. The van der Waals surface area contributed by atoms with E-state index < -0.39 is 17.5 Å². The first kappa shape index (κ1) is 23.2. The Morgan fingerprint density at radius 2 is 1.92 bits per heavy atom. The highest BCUT2D eigenvalue weighted by molar-refractivity contribution is 5.85. The Balaban J connectivity index is 1.65. The van der Waals surface area contributed by atoms with E-state index in [1.807, 2.05) is 0 Å². The van der Waals surface area contributed by atoms with Crippen molar-refractivity contribution in [2.75, 3.05) is 21.0 Å². The van der Waals surface area contributed by atoms with Gasteiger partial charge in [0.15, 0.2) is 11.5 Å². The van der Waals surface area contributed by atoms with Crippen molar-refractivity contribution >= 4 is 16.9 Å². The molecule has 0 saturated heterocycles. The molecule has 1 amide bonds. The highest BCUT2D eigenvalue weighted by Crippen LogP contribution is 2.53. The molecule has 10 heteroatoms. The number of nitrogens with one attached hydrogen (secondary N) is 1. The summed E-state index contributed by atoms with van der Waals surface area (Å²) in [5.74, 6) is 0.0805. The number of para-hydroxylation sites is 1. The standard InChI is InChI=1S/C26H23NO9/c1-31-19-10-17(23(32-2)25-24(19)34-13-35-25)16(11-20(28)27-12-14-6-5-9-33-14)21-22(29)15-7-3-4-8-18(15)36-26(21)30/h3-10,16,29H,11-13H2,1-2H3,(H,27,28)/t16-/m0/s1. The molecule has 0 aliphatic carbocycles. The van der Waals surface area contributed by atoms with Gasteiger partial charge < -0.3 is 38.2 Å². The minimum absolute atomic E-state index is 0.0524. The maximum atomic E-state index is 13.2. The Morgan fingerprint density at radius 3 is 2.67 bits per heavy atom. The Bertz CT molecular complexity index is 1470. The van der Waals surface area contributed by atoms with Gasteiger partial charge in [-0.2, -0.15) is 0 Å². The molecule has 5 rings (SSSR count). The lowest BCUT2D eigenvalue weighted by Gasteiger charge is -2.22. The lowest BCUT2D eigenvalue weighted by molar-refractivity contribution is -0.121. The first-order chi connectivity index (χ1) is 17.5. The summed E-state index contributed by atoms with van der Waals surface area (Å²) in [4.78, 5) is 26.3. The van der Waals surface area contributed by atoms with E-state index in [0.29, 0.717) is 28.2 Å². The first-order valence-corrected chi connectivity index (χ1v) is 11.1. The van der Waals surface area contributed by atoms with E-state index in [1.165, 1.54) is 20.5 Å². The molecule has 1 aliphatic rings. The van der Waals surface area contributed by atoms with Crippen molar-refractivity contribution in [1.29, 1.82) is 0 Å². The van der Waals surface area contributed by atoms with Crippen molar-refractivity contribution in [3.05, 3.63) is 76.0 Å². The van der Waals surface area contributed by atoms with Crippen LogP contribution in [0.15, 0.2) is 62.4 Å². The second kappa shape index (κ2) is 9.57. The van der Waals surface area contributed by atoms with E-state index in [4.69, 9.17) is 27.8 Å². The normalized spacial score (nSPS) is 12.9. The average molecular weight is 493 g/mol. The Morgan fingerprint density at radius 1 is 1.11 bits per heavy atom. The molecule has 0 spiro atoms. The van der Waals surface area contributed by atoms with Crippen LogP contribution in [0.4, 0.5) is 0 Å². The van der Waals surface area contributed by atoms with E-state index >= 15 is 0 Å². The predicted octanol–water partition coefficient (Wildman–Crippen LogP) is 3.68. The quantitative estimate of drug-likeness (QED) is 0.353. The van der Waals surface area contributed by atoms with Crippen LogP contribution < -0.4 is 29.9 Å². The minimum atomic E-state index is -0.985. The van der Waals surface area contributed by atoms with Crippen LogP contribution >= 0.6 is 0 Å². The summed E-state index contributed by atoms with van der Waals surface area (Å²) in [5, 5.41) is 14.3. The van der Waals surface area contributed by atoms with E-state index in [0.717, 1.165) is 0 Å². The Kier molecular flexibility index (Phi) is 6.16. The summed E-state index contributed by atoms with van der Waals surface area (Å²) < 4.78 is 33.0. The second-order valence-corrected chi connectivity index (χ2v) is 8.03. The van der Waals surface area contributed by atoms with E-state index in [2.05, 4.69) is 5.32 Å². The molecule has 1 aliphatic heterocycles. The monoisotopic (exact) mass is 493 g/mol. The third-order valence-electron chi connectivity index (χ3n) is 5.99. The topological polar surface area (TPSA) is 130 Å². The van der Waals surface area contributed by atoms with Crippen LogP contribution in [-0.4, -0.2) is 32.0 Å². The van der Waals surface area contributed by atoms with Gasteiger partial charge in [-0.15, -0.1) is 0 Å². The van der Waals surface area contributed by atoms with E-state index in [-0.39, 0.29) is 48.2 Å². The van der Waals surface area contributed by atoms with Gasteiger partial charge in [0.2, 0.25) is 24.2 Å². The van der Waals surface area contributed by atoms with Crippen LogP contribution in [0.3, 0.4) is 0 Å². The van der Waals surface area contributed by atoms with Gasteiger partial charge >= 0.3 is 5.63 Å². The summed E-state index contributed by atoms with van der Waals surface area (Å²) in [6, 6.07) is 11.7. The molecule has 2 aromatic heterocycles. The van der Waals surface area contributed by atoms with Gasteiger partial charge in [-0.3, -0.25) is 4.79 Å². The Labute approximate surface area is 204 Å². The number of ether oxygens (including phenoxy) is 4. The van der Waals surface area contributed by atoms with Crippen molar-refractivity contribution in [3.8, 4) is 28.7 Å². The molecule has 10 nitrogen and oxygen atoms in total. The molecule has 1 atom stereocenters. The summed E-state index contributed by atoms with van der Waals surface area (Å²) >= 11 is 0. The fourth-order valence-corrected chi connectivity index (χ4v) is 4.33. The highest BCUT2D eigenvalue weighted by Gasteiger charge is 2.35. The molecule has 186 valence electrons. The molecule has 0 fully saturated rings. The number of methoxy groups -OCH3 is 2. The van der Waals surface area contributed by atoms with Crippen LogP contribution in [-0.2, 0) is 11.3 Å². The Hall–Kier alpha value is -4.60. The molecule has 36 heavy (non-hydrogen) atoms. The zero-order valence-corrected chi connectivity index (χ0v) is 19.5. The molecule has 0 saturated carbocycles. The zero-order valence-electron chi connectivity index (χ0n) is 19.5. The van der Waals surface area contributed by atoms with Crippen LogP contribution in [0.1, 0.15) is 29.2 Å². The fraction of sp³-hybridized carbons (Fsp3) is 0.231. The third kappa shape index (κ3) is 4.06. The smallest absolute Gasteiger partial charge is 0.343 e. The van der Waals surface area contributed by atoms with Crippen molar-refractivity contribution < 1.29 is 37.7 Å². The number of aromatic hydroxyl groups is 1. The molecule has 0 unspecified atom stereocenters. The van der Waals surface area contributed by atoms with Crippen molar-refractivity contribution in [2.24, 2.45) is 0 Å². The fourth-order valence-electron chi connectivity index (χ4n) is 4.33. The average Bonchev–Trinajstić information content (AvgIpc) is 3.58. The number of furan rings is 1. The molecule has 2 N–H and O–H groups in total. The molecular weight excluding hydrogens is 470 g/mol. The molecule has 0 radical (unpaired) electrons. The van der Waals surface area contributed by atoms with Crippen molar-refractivity contribution in [3.63, 3.8) is 0 Å². The van der Waals surface area contributed by atoms with Gasteiger partial charge in [-0.25, -0.2) is 4.79 Å². The van der Waals surface area contributed by atoms with Gasteiger partial charge in [0.05, 0.1) is 38.0 Å². The number of amides is 1. The lowest BCUT2D eigenvalue weighted by Crippen LogP contribution is -2.26. The van der Waals surface area contributed by atoms with Gasteiger partial charge in [0, 0.05) is 17.9 Å². The highest BCUT2D eigenvalue weighted by atomic mass is 16.7. The number of fused-ring (bicyclic) bond motifs is 2. The maximum absolute atomic E-state index is 13.2. The van der Waals surface area contributed by atoms with Gasteiger partial charge in [-0.1, -0.05) is 12.1 Å². The molecule has 4 aromatic rings. The number of benzene rings is 2. The summed E-state index contributed by atoms with van der Waals surface area (Å²) in [6.07, 6.45) is 1.28. The van der Waals surface area contributed by atoms with Crippen LogP contribution in [0.5, 0.6) is 28.7 Å². The molecule has 0 bridgehead atoms.